The molecule has 10 heteroatoms. The van der Waals surface area contributed by atoms with Crippen LogP contribution in [0.3, 0.4) is 0 Å². The summed E-state index contributed by atoms with van der Waals surface area (Å²) < 4.78 is 46.4. The van der Waals surface area contributed by atoms with E-state index in [1.807, 2.05) is 24.3 Å². The summed E-state index contributed by atoms with van der Waals surface area (Å²) in [5.41, 5.74) is 3.37. The van der Waals surface area contributed by atoms with Gasteiger partial charge in [-0.3, -0.25) is 4.79 Å². The smallest absolute Gasteiger partial charge is 0.264 e. The normalized spacial score (nSPS) is 26.9. The van der Waals surface area contributed by atoms with Crippen LogP contribution in [0.15, 0.2) is 48.6 Å². The standard InChI is InChI=1S/C33H43ClN2O6S/c1-23-7-3-4-9-31(41-18-17-40-2)29-14-11-26(29)21-36-16-6-5-8-24-19-28(34)13-10-27(24)22-42-32-15-12-25(20-30(32)36)33(37)35-43(23,38)39/h4,9-10,12-13,15,19-20,23,26,29,31H,3,5-8,11,14,16-18,21-22H2,1-2H3,(H,35,37)/b9-4+/t23-,26+,29-,31+/m1/s1. The van der Waals surface area contributed by atoms with Crippen LogP contribution in [-0.4, -0.2) is 59.1 Å². The van der Waals surface area contributed by atoms with Crippen molar-refractivity contribution in [3.63, 3.8) is 0 Å². The quantitative estimate of drug-likeness (QED) is 0.331. The molecule has 234 valence electrons. The van der Waals surface area contributed by atoms with Gasteiger partial charge in [-0.05, 0) is 105 Å². The second-order valence-corrected chi connectivity index (χ2v) is 14.4. The predicted molar refractivity (Wildman–Crippen MR) is 169 cm³/mol. The number of aryl methyl sites for hydroxylation is 1. The Morgan fingerprint density at radius 1 is 1.07 bits per heavy atom. The van der Waals surface area contributed by atoms with Crippen molar-refractivity contribution >= 4 is 33.2 Å². The molecule has 0 spiro atoms. The van der Waals surface area contributed by atoms with Gasteiger partial charge < -0.3 is 19.1 Å². The molecule has 0 aromatic heterocycles. The van der Waals surface area contributed by atoms with E-state index >= 15 is 0 Å². The van der Waals surface area contributed by atoms with Crippen LogP contribution in [0.25, 0.3) is 0 Å². The number of hydrogen-bond donors (Lipinski definition) is 1. The van der Waals surface area contributed by atoms with Crippen LogP contribution in [-0.2, 0) is 32.5 Å². The molecule has 5 rings (SSSR count). The minimum Gasteiger partial charge on any atom is -0.487 e. The number of nitrogens with one attached hydrogen (secondary N) is 1. The van der Waals surface area contributed by atoms with Crippen molar-refractivity contribution in [1.29, 1.82) is 0 Å². The van der Waals surface area contributed by atoms with Crippen molar-refractivity contribution in [1.82, 2.24) is 4.72 Å². The molecule has 2 aromatic rings. The summed E-state index contributed by atoms with van der Waals surface area (Å²) in [7, 11) is -2.20. The molecule has 8 nitrogen and oxygen atoms in total. The van der Waals surface area contributed by atoms with Crippen molar-refractivity contribution in [2.24, 2.45) is 11.8 Å². The van der Waals surface area contributed by atoms with Gasteiger partial charge in [0, 0.05) is 30.8 Å². The van der Waals surface area contributed by atoms with E-state index in [9.17, 15) is 13.2 Å². The predicted octanol–water partition coefficient (Wildman–Crippen LogP) is 5.92. The van der Waals surface area contributed by atoms with Crippen molar-refractivity contribution in [2.75, 3.05) is 38.3 Å². The average molecular weight is 631 g/mol. The lowest BCUT2D eigenvalue weighted by Gasteiger charge is -2.44. The molecule has 4 atom stereocenters. The van der Waals surface area contributed by atoms with Gasteiger partial charge in [-0.25, -0.2) is 13.1 Å². The Labute approximate surface area is 260 Å². The molecule has 1 saturated carbocycles. The Balaban J connectivity index is 1.51. The van der Waals surface area contributed by atoms with Crippen LogP contribution in [0, 0.1) is 11.8 Å². The number of carbonyl (C=O) groups is 1. The molecule has 1 fully saturated rings. The van der Waals surface area contributed by atoms with Crippen molar-refractivity contribution in [2.45, 2.75) is 69.8 Å². The second kappa shape index (κ2) is 14.5. The lowest BCUT2D eigenvalue weighted by molar-refractivity contribution is -0.0308. The van der Waals surface area contributed by atoms with Gasteiger partial charge in [0.15, 0.2) is 0 Å². The van der Waals surface area contributed by atoms with E-state index in [1.165, 1.54) is 5.56 Å². The first kappa shape index (κ1) is 31.8. The number of anilines is 1. The maximum atomic E-state index is 13.3. The molecule has 2 heterocycles. The van der Waals surface area contributed by atoms with Crippen LogP contribution in [0.5, 0.6) is 5.75 Å². The molecule has 2 aliphatic heterocycles. The number of benzene rings is 2. The van der Waals surface area contributed by atoms with E-state index in [0.29, 0.717) is 60.8 Å². The van der Waals surface area contributed by atoms with Gasteiger partial charge in [-0.1, -0.05) is 29.8 Å². The van der Waals surface area contributed by atoms with E-state index in [-0.39, 0.29) is 6.10 Å². The number of halogens is 1. The first-order valence-electron chi connectivity index (χ1n) is 15.4. The second-order valence-electron chi connectivity index (χ2n) is 11.9. The van der Waals surface area contributed by atoms with Gasteiger partial charge in [-0.15, -0.1) is 0 Å². The summed E-state index contributed by atoms with van der Waals surface area (Å²) in [5, 5.41) is -0.0149. The number of ether oxygens (including phenoxy) is 3. The summed E-state index contributed by atoms with van der Waals surface area (Å²) in [4.78, 5) is 15.6. The molecular weight excluding hydrogens is 588 g/mol. The fourth-order valence-corrected chi connectivity index (χ4v) is 7.43. The number of amides is 1. The van der Waals surface area contributed by atoms with Crippen molar-refractivity contribution < 1.29 is 27.4 Å². The largest absolute Gasteiger partial charge is 0.487 e. The molecule has 43 heavy (non-hydrogen) atoms. The third-order valence-corrected chi connectivity index (χ3v) is 11.0. The van der Waals surface area contributed by atoms with Crippen LogP contribution in [0.2, 0.25) is 5.02 Å². The van der Waals surface area contributed by atoms with Gasteiger partial charge in [0.2, 0.25) is 10.0 Å². The van der Waals surface area contributed by atoms with Crippen molar-refractivity contribution in [3.8, 4) is 5.75 Å². The minimum absolute atomic E-state index is 0.0707. The van der Waals surface area contributed by atoms with Gasteiger partial charge in [0.1, 0.15) is 12.4 Å². The Bertz CT molecular complexity index is 1410. The first-order valence-corrected chi connectivity index (χ1v) is 17.3. The molecule has 3 aliphatic rings. The number of allylic oxidation sites excluding steroid dienone is 1. The first-order chi connectivity index (χ1) is 20.7. The zero-order chi connectivity index (χ0) is 30.4. The maximum absolute atomic E-state index is 13.3. The van der Waals surface area contributed by atoms with Gasteiger partial charge in [0.25, 0.3) is 5.91 Å². The Kier molecular flexibility index (Phi) is 10.7. The fourth-order valence-electron chi connectivity index (χ4n) is 6.21. The summed E-state index contributed by atoms with van der Waals surface area (Å²) in [6.45, 7) is 4.59. The number of hydrogen-bond acceptors (Lipinski definition) is 7. The number of fused-ring (bicyclic) bond motifs is 3. The highest BCUT2D eigenvalue weighted by molar-refractivity contribution is 7.90. The zero-order valence-electron chi connectivity index (χ0n) is 25.1. The molecule has 1 amide bonds. The summed E-state index contributed by atoms with van der Waals surface area (Å²) in [5.74, 6) is 0.776. The molecule has 0 saturated heterocycles. The summed E-state index contributed by atoms with van der Waals surface area (Å²) in [6, 6.07) is 11.2. The number of sulfonamides is 1. The molecule has 0 unspecified atom stereocenters. The third kappa shape index (κ3) is 7.93. The van der Waals surface area contributed by atoms with E-state index in [2.05, 4.69) is 15.7 Å². The molecule has 1 N–H and O–H groups in total. The number of carbonyl (C=O) groups excluding carboxylic acids is 1. The van der Waals surface area contributed by atoms with E-state index in [1.54, 1.807) is 32.2 Å². The van der Waals surface area contributed by atoms with Crippen LogP contribution in [0.4, 0.5) is 5.69 Å². The highest BCUT2D eigenvalue weighted by Crippen LogP contribution is 2.42. The third-order valence-electron chi connectivity index (χ3n) is 9.02. The molecule has 0 radical (unpaired) electrons. The SMILES string of the molecule is COCCO[C@H]1/C=C/CC[C@@H](C)S(=O)(=O)NC(=O)c2ccc3c(c2)N(CCCCc2cc(Cl)ccc2CO3)C[C@@H]2CC[C@H]21. The summed E-state index contributed by atoms with van der Waals surface area (Å²) >= 11 is 6.33. The zero-order valence-corrected chi connectivity index (χ0v) is 26.7. The number of nitrogens with zero attached hydrogens (tertiary/aromatic N) is 1. The van der Waals surface area contributed by atoms with E-state index in [0.717, 1.165) is 56.4 Å². The van der Waals surface area contributed by atoms with Gasteiger partial charge in [0.05, 0.1) is 30.3 Å². The highest BCUT2D eigenvalue weighted by atomic mass is 35.5. The molecule has 1 aliphatic carbocycles. The van der Waals surface area contributed by atoms with Crippen LogP contribution < -0.4 is 14.4 Å². The number of methoxy groups -OCH3 is 1. The highest BCUT2D eigenvalue weighted by Gasteiger charge is 2.38. The van der Waals surface area contributed by atoms with Gasteiger partial charge >= 0.3 is 0 Å². The maximum Gasteiger partial charge on any atom is 0.264 e. The van der Waals surface area contributed by atoms with Gasteiger partial charge in [-0.2, -0.15) is 0 Å². The molecular formula is C33H43ClN2O6S. The average Bonchev–Trinajstić information content (AvgIpc) is 2.99. The van der Waals surface area contributed by atoms with E-state index < -0.39 is 21.2 Å². The molecule has 2 aromatic carbocycles. The Morgan fingerprint density at radius 3 is 2.72 bits per heavy atom. The lowest BCUT2D eigenvalue weighted by Crippen LogP contribution is -2.44. The Morgan fingerprint density at radius 2 is 1.93 bits per heavy atom. The van der Waals surface area contributed by atoms with Crippen LogP contribution >= 0.6 is 11.6 Å². The Hall–Kier alpha value is -2.59. The van der Waals surface area contributed by atoms with E-state index in [4.69, 9.17) is 25.8 Å². The summed E-state index contributed by atoms with van der Waals surface area (Å²) in [6.07, 6.45) is 10.0. The lowest BCUT2D eigenvalue weighted by atomic mass is 9.70. The molecule has 2 bridgehead atoms. The monoisotopic (exact) mass is 630 g/mol. The minimum atomic E-state index is -3.86. The number of rotatable bonds is 4. The fraction of sp³-hybridized carbons (Fsp3) is 0.545. The van der Waals surface area contributed by atoms with Crippen molar-refractivity contribution in [3.05, 3.63) is 70.3 Å². The topological polar surface area (TPSA) is 94.2 Å². The van der Waals surface area contributed by atoms with Crippen LogP contribution in [0.1, 0.15) is 66.9 Å².